The Morgan fingerprint density at radius 3 is 2.39 bits per heavy atom. The van der Waals surface area contributed by atoms with Gasteiger partial charge in [0.15, 0.2) is 12.2 Å². The van der Waals surface area contributed by atoms with Crippen LogP contribution in [-0.2, 0) is 0 Å². The summed E-state index contributed by atoms with van der Waals surface area (Å²) < 4.78 is 5.40. The van der Waals surface area contributed by atoms with Crippen LogP contribution in [0, 0.1) is 13.8 Å². The molecule has 0 aliphatic rings. The highest BCUT2D eigenvalue weighted by atomic mass is 16.3. The molecule has 0 spiro atoms. The highest BCUT2D eigenvalue weighted by Crippen LogP contribution is 2.30. The first-order chi connectivity index (χ1) is 13.6. The number of carbonyl (C=O) groups is 1. The summed E-state index contributed by atoms with van der Waals surface area (Å²) in [5.41, 5.74) is 6.52. The minimum absolute atomic E-state index is 0.142. The van der Waals surface area contributed by atoms with Crippen molar-refractivity contribution >= 4 is 11.6 Å². The average molecular weight is 369 g/mol. The minimum atomic E-state index is -0.142. The standard InChI is InChI=1S/C23H19N3O2/c1-15-3-4-18(22-13-25-14-28-22)11-21(15)17-5-7-19(8-6-17)26-23(27)20-9-10-24-12-16(20)2/h3-14H,1-2H3,(H,26,27). The van der Waals surface area contributed by atoms with Gasteiger partial charge in [-0.15, -0.1) is 0 Å². The summed E-state index contributed by atoms with van der Waals surface area (Å²) in [5.74, 6) is 0.592. The van der Waals surface area contributed by atoms with Gasteiger partial charge in [0.2, 0.25) is 0 Å². The Hall–Kier alpha value is -3.73. The third-order valence-corrected chi connectivity index (χ3v) is 4.67. The first-order valence-electron chi connectivity index (χ1n) is 8.94. The second kappa shape index (κ2) is 7.48. The number of benzene rings is 2. The number of aryl methyl sites for hydroxylation is 2. The Balaban J connectivity index is 1.58. The molecule has 0 saturated carbocycles. The van der Waals surface area contributed by atoms with Gasteiger partial charge in [-0.3, -0.25) is 9.78 Å². The van der Waals surface area contributed by atoms with Gasteiger partial charge in [-0.2, -0.15) is 0 Å². The number of amides is 1. The monoisotopic (exact) mass is 369 g/mol. The van der Waals surface area contributed by atoms with E-state index in [4.69, 9.17) is 4.42 Å². The zero-order valence-electron chi connectivity index (χ0n) is 15.6. The molecule has 1 amide bonds. The van der Waals surface area contributed by atoms with Gasteiger partial charge in [-0.25, -0.2) is 4.98 Å². The molecular formula is C23H19N3O2. The van der Waals surface area contributed by atoms with Crippen molar-refractivity contribution in [3.05, 3.63) is 90.2 Å². The van der Waals surface area contributed by atoms with E-state index in [1.807, 2.05) is 37.3 Å². The van der Waals surface area contributed by atoms with Gasteiger partial charge in [0, 0.05) is 29.2 Å². The molecule has 2 heterocycles. The van der Waals surface area contributed by atoms with Crippen molar-refractivity contribution < 1.29 is 9.21 Å². The molecule has 5 nitrogen and oxygen atoms in total. The molecule has 0 aliphatic carbocycles. The Bertz CT molecular complexity index is 1120. The Kier molecular flexibility index (Phi) is 4.72. The number of rotatable bonds is 4. The molecule has 0 unspecified atom stereocenters. The number of nitrogens with one attached hydrogen (secondary N) is 1. The van der Waals surface area contributed by atoms with Crippen LogP contribution in [0.3, 0.4) is 0 Å². The van der Waals surface area contributed by atoms with Crippen molar-refractivity contribution in [1.82, 2.24) is 9.97 Å². The van der Waals surface area contributed by atoms with Crippen LogP contribution in [0.15, 0.2) is 77.9 Å². The molecule has 0 atom stereocenters. The van der Waals surface area contributed by atoms with Gasteiger partial charge >= 0.3 is 0 Å². The van der Waals surface area contributed by atoms with Crippen LogP contribution < -0.4 is 5.32 Å². The van der Waals surface area contributed by atoms with Gasteiger partial charge in [0.1, 0.15) is 0 Å². The van der Waals surface area contributed by atoms with Gasteiger partial charge in [0.05, 0.1) is 6.20 Å². The van der Waals surface area contributed by atoms with Crippen LogP contribution in [-0.4, -0.2) is 15.9 Å². The second-order valence-electron chi connectivity index (χ2n) is 6.62. The van der Waals surface area contributed by atoms with Crippen molar-refractivity contribution in [3.8, 4) is 22.5 Å². The first-order valence-corrected chi connectivity index (χ1v) is 8.94. The molecule has 0 bridgehead atoms. The number of aromatic nitrogens is 2. The topological polar surface area (TPSA) is 68.0 Å². The third kappa shape index (κ3) is 3.55. The number of oxazole rings is 1. The maximum absolute atomic E-state index is 12.5. The molecule has 0 radical (unpaired) electrons. The summed E-state index contributed by atoms with van der Waals surface area (Å²) in [6, 6.07) is 15.7. The quantitative estimate of drug-likeness (QED) is 0.532. The van der Waals surface area contributed by atoms with Crippen LogP contribution in [0.5, 0.6) is 0 Å². The molecule has 0 saturated heterocycles. The fourth-order valence-corrected chi connectivity index (χ4v) is 3.10. The van der Waals surface area contributed by atoms with Gasteiger partial charge in [-0.1, -0.05) is 24.3 Å². The minimum Gasteiger partial charge on any atom is -0.444 e. The van der Waals surface area contributed by atoms with Crippen molar-refractivity contribution in [1.29, 1.82) is 0 Å². The highest BCUT2D eigenvalue weighted by Gasteiger charge is 2.10. The normalized spacial score (nSPS) is 10.6. The van der Waals surface area contributed by atoms with Crippen molar-refractivity contribution in [2.75, 3.05) is 5.32 Å². The smallest absolute Gasteiger partial charge is 0.256 e. The largest absolute Gasteiger partial charge is 0.444 e. The SMILES string of the molecule is Cc1cnccc1C(=O)Nc1ccc(-c2cc(-c3cnco3)ccc2C)cc1. The summed E-state index contributed by atoms with van der Waals surface area (Å²) in [6.45, 7) is 3.94. The van der Waals surface area contributed by atoms with E-state index in [0.717, 1.165) is 39.3 Å². The molecule has 1 N–H and O–H groups in total. The van der Waals surface area contributed by atoms with Crippen LogP contribution in [0.4, 0.5) is 5.69 Å². The van der Waals surface area contributed by atoms with E-state index in [9.17, 15) is 4.79 Å². The summed E-state index contributed by atoms with van der Waals surface area (Å²) in [4.78, 5) is 20.5. The zero-order chi connectivity index (χ0) is 19.5. The van der Waals surface area contributed by atoms with Crippen molar-refractivity contribution in [2.24, 2.45) is 0 Å². The fraction of sp³-hybridized carbons (Fsp3) is 0.0870. The predicted octanol–water partition coefficient (Wildman–Crippen LogP) is 5.27. The van der Waals surface area contributed by atoms with Gasteiger partial charge in [-0.05, 0) is 60.4 Å². The number of carbonyl (C=O) groups excluding carboxylic acids is 1. The molecule has 5 heteroatoms. The molecule has 4 aromatic rings. The second-order valence-corrected chi connectivity index (χ2v) is 6.62. The molecular weight excluding hydrogens is 350 g/mol. The number of hydrogen-bond acceptors (Lipinski definition) is 4. The average Bonchev–Trinajstić information content (AvgIpc) is 3.24. The number of hydrogen-bond donors (Lipinski definition) is 1. The van der Waals surface area contributed by atoms with E-state index in [1.165, 1.54) is 6.39 Å². The van der Waals surface area contributed by atoms with Crippen molar-refractivity contribution in [3.63, 3.8) is 0 Å². The van der Waals surface area contributed by atoms with Crippen molar-refractivity contribution in [2.45, 2.75) is 13.8 Å². The van der Waals surface area contributed by atoms with Crippen LogP contribution in [0.25, 0.3) is 22.5 Å². The highest BCUT2D eigenvalue weighted by molar-refractivity contribution is 6.05. The zero-order valence-corrected chi connectivity index (χ0v) is 15.6. The lowest BCUT2D eigenvalue weighted by Gasteiger charge is -2.10. The molecule has 0 fully saturated rings. The van der Waals surface area contributed by atoms with Crippen LogP contribution in [0.2, 0.25) is 0 Å². The van der Waals surface area contributed by atoms with E-state index in [1.54, 1.807) is 24.7 Å². The van der Waals surface area contributed by atoms with Crippen LogP contribution in [0.1, 0.15) is 21.5 Å². The molecule has 28 heavy (non-hydrogen) atoms. The molecule has 2 aromatic carbocycles. The summed E-state index contributed by atoms with van der Waals surface area (Å²) in [7, 11) is 0. The first kappa shape index (κ1) is 17.7. The number of nitrogens with zero attached hydrogens (tertiary/aromatic N) is 2. The number of pyridine rings is 1. The summed E-state index contributed by atoms with van der Waals surface area (Å²) in [5, 5.41) is 2.94. The summed E-state index contributed by atoms with van der Waals surface area (Å²) in [6.07, 6.45) is 6.43. The predicted molar refractivity (Wildman–Crippen MR) is 109 cm³/mol. The van der Waals surface area contributed by atoms with Crippen LogP contribution >= 0.6 is 0 Å². The Labute approximate surface area is 163 Å². The maximum atomic E-state index is 12.5. The summed E-state index contributed by atoms with van der Waals surface area (Å²) >= 11 is 0. The van der Waals surface area contributed by atoms with E-state index in [0.29, 0.717) is 5.56 Å². The molecule has 0 aliphatic heterocycles. The Morgan fingerprint density at radius 1 is 0.893 bits per heavy atom. The lowest BCUT2D eigenvalue weighted by Crippen LogP contribution is -2.13. The number of anilines is 1. The third-order valence-electron chi connectivity index (χ3n) is 4.67. The van der Waals surface area contributed by atoms with E-state index < -0.39 is 0 Å². The van der Waals surface area contributed by atoms with E-state index in [-0.39, 0.29) is 5.91 Å². The van der Waals surface area contributed by atoms with Gasteiger partial charge in [0.25, 0.3) is 5.91 Å². The molecule has 2 aromatic heterocycles. The Morgan fingerprint density at radius 2 is 1.68 bits per heavy atom. The fourth-order valence-electron chi connectivity index (χ4n) is 3.10. The van der Waals surface area contributed by atoms with E-state index >= 15 is 0 Å². The lowest BCUT2D eigenvalue weighted by atomic mass is 9.97. The maximum Gasteiger partial charge on any atom is 0.256 e. The van der Waals surface area contributed by atoms with Gasteiger partial charge < -0.3 is 9.73 Å². The molecule has 138 valence electrons. The van der Waals surface area contributed by atoms with E-state index in [2.05, 4.69) is 34.3 Å². The molecule has 4 rings (SSSR count). The lowest BCUT2D eigenvalue weighted by molar-refractivity contribution is 0.102.